The molecular formula is C11H18O7. The van der Waals surface area contributed by atoms with Gasteiger partial charge in [0.25, 0.3) is 0 Å². The number of carbonyl (C=O) groups excluding carboxylic acids is 2. The molecule has 104 valence electrons. The Bertz CT molecular complexity index is 317. The molecule has 1 fully saturated rings. The molecule has 0 saturated carbocycles. The average molecular weight is 262 g/mol. The van der Waals surface area contributed by atoms with Gasteiger partial charge in [-0.15, -0.1) is 0 Å². The van der Waals surface area contributed by atoms with Crippen LogP contribution in [-0.4, -0.2) is 54.9 Å². The highest BCUT2D eigenvalue weighted by Crippen LogP contribution is 2.28. The summed E-state index contributed by atoms with van der Waals surface area (Å²) in [6, 6.07) is 0. The number of esters is 2. The fourth-order valence-electron chi connectivity index (χ4n) is 1.96. The molecule has 0 bridgehead atoms. The second-order valence-corrected chi connectivity index (χ2v) is 4.08. The van der Waals surface area contributed by atoms with Gasteiger partial charge in [0, 0.05) is 21.0 Å². The molecule has 0 aromatic rings. The first-order chi connectivity index (χ1) is 8.36. The van der Waals surface area contributed by atoms with E-state index >= 15 is 0 Å². The maximum absolute atomic E-state index is 10.9. The van der Waals surface area contributed by atoms with Crippen molar-refractivity contribution in [1.82, 2.24) is 0 Å². The largest absolute Gasteiger partial charge is 0.460 e. The monoisotopic (exact) mass is 262 g/mol. The summed E-state index contributed by atoms with van der Waals surface area (Å²) in [5.74, 6) is -1.02. The standard InChI is InChI=1S/C11H18O7/c1-5(16-6(2)12)8-9(15-4)10(11(14)18-8)17-7(3)13/h5,8-11,14H,1-4H3/t5-,8-,9+,10+,11?/m0/s1. The Balaban J connectivity index is 2.76. The number of ether oxygens (including phenoxy) is 4. The van der Waals surface area contributed by atoms with Crippen molar-refractivity contribution in [3.8, 4) is 0 Å². The van der Waals surface area contributed by atoms with Crippen LogP contribution in [0.1, 0.15) is 20.8 Å². The lowest BCUT2D eigenvalue weighted by atomic mass is 10.1. The van der Waals surface area contributed by atoms with Gasteiger partial charge in [-0.3, -0.25) is 9.59 Å². The van der Waals surface area contributed by atoms with Crippen molar-refractivity contribution in [1.29, 1.82) is 0 Å². The molecule has 1 aliphatic heterocycles. The lowest BCUT2D eigenvalue weighted by molar-refractivity contribution is -0.176. The van der Waals surface area contributed by atoms with Gasteiger partial charge in [-0.2, -0.15) is 0 Å². The summed E-state index contributed by atoms with van der Waals surface area (Å²) >= 11 is 0. The van der Waals surface area contributed by atoms with Gasteiger partial charge < -0.3 is 24.1 Å². The number of aliphatic hydroxyl groups excluding tert-OH is 1. The average Bonchev–Trinajstić information content (AvgIpc) is 2.54. The molecule has 0 aromatic carbocycles. The zero-order chi connectivity index (χ0) is 13.9. The quantitative estimate of drug-likeness (QED) is 0.689. The minimum Gasteiger partial charge on any atom is -0.460 e. The van der Waals surface area contributed by atoms with Crippen molar-refractivity contribution in [3.05, 3.63) is 0 Å². The Hall–Kier alpha value is -1.18. The first-order valence-electron chi connectivity index (χ1n) is 5.57. The molecule has 1 unspecified atom stereocenters. The van der Waals surface area contributed by atoms with Crippen LogP contribution in [0, 0.1) is 0 Å². The Labute approximate surface area is 105 Å². The van der Waals surface area contributed by atoms with Crippen LogP contribution >= 0.6 is 0 Å². The lowest BCUT2D eigenvalue weighted by Gasteiger charge is -2.24. The highest BCUT2D eigenvalue weighted by molar-refractivity contribution is 5.66. The number of aliphatic hydroxyl groups is 1. The van der Waals surface area contributed by atoms with E-state index in [2.05, 4.69) is 0 Å². The summed E-state index contributed by atoms with van der Waals surface area (Å²) < 4.78 is 20.3. The minimum absolute atomic E-state index is 0.466. The molecule has 18 heavy (non-hydrogen) atoms. The predicted octanol–water partition coefficient (Wildman–Crippen LogP) is -0.398. The Morgan fingerprint density at radius 3 is 2.28 bits per heavy atom. The molecule has 1 rings (SSSR count). The Morgan fingerprint density at radius 1 is 1.22 bits per heavy atom. The van der Waals surface area contributed by atoms with E-state index in [1.54, 1.807) is 6.92 Å². The topological polar surface area (TPSA) is 91.3 Å². The number of rotatable bonds is 4. The first kappa shape index (κ1) is 14.9. The van der Waals surface area contributed by atoms with Crippen LogP contribution in [0.3, 0.4) is 0 Å². The molecule has 1 N–H and O–H groups in total. The summed E-state index contributed by atoms with van der Waals surface area (Å²) in [4.78, 5) is 21.8. The molecule has 7 heteroatoms. The summed E-state index contributed by atoms with van der Waals surface area (Å²) in [5.41, 5.74) is 0. The third kappa shape index (κ3) is 3.41. The smallest absolute Gasteiger partial charge is 0.303 e. The van der Waals surface area contributed by atoms with Crippen LogP contribution in [0.15, 0.2) is 0 Å². The van der Waals surface area contributed by atoms with E-state index in [9.17, 15) is 14.7 Å². The van der Waals surface area contributed by atoms with Crippen molar-refractivity contribution in [2.75, 3.05) is 7.11 Å². The Morgan fingerprint density at radius 2 is 1.83 bits per heavy atom. The van der Waals surface area contributed by atoms with E-state index in [1.165, 1.54) is 21.0 Å². The number of hydrogen-bond donors (Lipinski definition) is 1. The summed E-state index contributed by atoms with van der Waals surface area (Å²) in [6.45, 7) is 4.11. The van der Waals surface area contributed by atoms with E-state index in [1.807, 2.05) is 0 Å². The molecule has 1 saturated heterocycles. The molecular weight excluding hydrogens is 244 g/mol. The predicted molar refractivity (Wildman–Crippen MR) is 58.5 cm³/mol. The van der Waals surface area contributed by atoms with E-state index in [-0.39, 0.29) is 0 Å². The van der Waals surface area contributed by atoms with E-state index in [4.69, 9.17) is 18.9 Å². The molecule has 0 aliphatic carbocycles. The van der Waals surface area contributed by atoms with Gasteiger partial charge in [0.1, 0.15) is 18.3 Å². The number of carbonyl (C=O) groups is 2. The van der Waals surface area contributed by atoms with E-state index in [0.717, 1.165) is 0 Å². The zero-order valence-corrected chi connectivity index (χ0v) is 10.8. The molecule has 0 aromatic heterocycles. The maximum atomic E-state index is 10.9. The van der Waals surface area contributed by atoms with Gasteiger partial charge in [-0.05, 0) is 6.92 Å². The fourth-order valence-corrected chi connectivity index (χ4v) is 1.96. The van der Waals surface area contributed by atoms with Crippen LogP contribution in [0.4, 0.5) is 0 Å². The van der Waals surface area contributed by atoms with Crippen molar-refractivity contribution in [2.45, 2.75) is 51.5 Å². The van der Waals surface area contributed by atoms with Crippen LogP contribution in [-0.2, 0) is 28.5 Å². The molecule has 0 amide bonds. The van der Waals surface area contributed by atoms with Crippen molar-refractivity contribution in [2.24, 2.45) is 0 Å². The molecule has 0 radical (unpaired) electrons. The first-order valence-corrected chi connectivity index (χ1v) is 5.57. The second kappa shape index (κ2) is 6.12. The highest BCUT2D eigenvalue weighted by atomic mass is 16.7. The SMILES string of the molecule is CO[C@@H]1[C@H]([C@H](C)OC(C)=O)OC(O)[C@@H]1OC(C)=O. The molecule has 7 nitrogen and oxygen atoms in total. The molecule has 0 spiro atoms. The van der Waals surface area contributed by atoms with Crippen molar-refractivity contribution in [3.63, 3.8) is 0 Å². The fraction of sp³-hybridized carbons (Fsp3) is 0.818. The van der Waals surface area contributed by atoms with Gasteiger partial charge in [0.05, 0.1) is 0 Å². The molecule has 1 heterocycles. The molecule has 5 atom stereocenters. The molecule has 1 aliphatic rings. The van der Waals surface area contributed by atoms with Crippen molar-refractivity contribution < 1.29 is 33.6 Å². The zero-order valence-electron chi connectivity index (χ0n) is 10.8. The van der Waals surface area contributed by atoms with Crippen LogP contribution < -0.4 is 0 Å². The second-order valence-electron chi connectivity index (χ2n) is 4.08. The summed E-state index contributed by atoms with van der Waals surface area (Å²) in [5, 5.41) is 9.67. The minimum atomic E-state index is -1.30. The van der Waals surface area contributed by atoms with Crippen molar-refractivity contribution >= 4 is 11.9 Å². The van der Waals surface area contributed by atoms with Crippen LogP contribution in [0.2, 0.25) is 0 Å². The van der Waals surface area contributed by atoms with Crippen LogP contribution in [0.5, 0.6) is 0 Å². The lowest BCUT2D eigenvalue weighted by Crippen LogP contribution is -2.42. The summed E-state index contributed by atoms with van der Waals surface area (Å²) in [6.07, 6.45) is -4.25. The van der Waals surface area contributed by atoms with Gasteiger partial charge in [-0.25, -0.2) is 0 Å². The van der Waals surface area contributed by atoms with Gasteiger partial charge >= 0.3 is 11.9 Å². The van der Waals surface area contributed by atoms with E-state index in [0.29, 0.717) is 0 Å². The van der Waals surface area contributed by atoms with Gasteiger partial charge in [-0.1, -0.05) is 0 Å². The van der Waals surface area contributed by atoms with Gasteiger partial charge in [0.2, 0.25) is 0 Å². The van der Waals surface area contributed by atoms with E-state index < -0.39 is 42.6 Å². The highest BCUT2D eigenvalue weighted by Gasteiger charge is 2.49. The maximum Gasteiger partial charge on any atom is 0.303 e. The number of methoxy groups -OCH3 is 1. The third-order valence-corrected chi connectivity index (χ3v) is 2.61. The van der Waals surface area contributed by atoms with Crippen LogP contribution in [0.25, 0.3) is 0 Å². The number of hydrogen-bond acceptors (Lipinski definition) is 7. The summed E-state index contributed by atoms with van der Waals surface area (Å²) in [7, 11) is 1.40. The van der Waals surface area contributed by atoms with Gasteiger partial charge in [0.15, 0.2) is 12.4 Å². The Kier molecular flexibility index (Phi) is 5.06. The normalized spacial score (nSPS) is 32.9. The third-order valence-electron chi connectivity index (χ3n) is 2.61.